The van der Waals surface area contributed by atoms with E-state index in [1.165, 1.54) is 75.3 Å². The minimum Gasteiger partial charge on any atom is -0.459 e. The number of carbonyl (C=O) groups is 2. The number of oxime groups is 1. The van der Waals surface area contributed by atoms with E-state index in [-0.39, 0.29) is 74.4 Å². The lowest BCUT2D eigenvalue weighted by Gasteiger charge is -2.60. The number of aliphatic hydroxyl groups is 2. The number of amides is 2. The Hall–Kier alpha value is -6.43. The van der Waals surface area contributed by atoms with E-state index in [0.29, 0.717) is 67.0 Å². The number of allylic oxidation sites excluding steroid dienone is 1. The summed E-state index contributed by atoms with van der Waals surface area (Å²) in [6.45, 7) is 9.07. The largest absolute Gasteiger partial charge is 0.459 e. The minimum absolute atomic E-state index is 0.00771. The summed E-state index contributed by atoms with van der Waals surface area (Å²) in [4.78, 5) is 58.1. The standard InChI is InChI=1S/C59H79N5O12/c1-4-7-8-9-10-11-12-13-14-17-34-60-58(68)75-48-31-32-53-51(40-48)56-49(21-16-19-37-66)45(20-15-18-36-65)39-50-52(61-74-42-44-24-29-47(30-25-44)64(71)72)41-54(59(76-53,57(50)56)73-38-6-3)62(35-5-2)55(67)33-26-43-22-27-46(28-23-43)63(69)70/h6,22-33,39-40,45,49,54,56-57,65-66H,3-5,7-21,34-38,41-42H2,1-2H3,(H,60,68)/t45-,49+,54-,56+,57+,59+/m0/s1. The Balaban J connectivity index is 1.42. The number of nitro benzene ring substituents is 2. The molecule has 3 aromatic carbocycles. The third-order valence-corrected chi connectivity index (χ3v) is 14.9. The van der Waals surface area contributed by atoms with Gasteiger partial charge in [0.2, 0.25) is 11.7 Å². The van der Waals surface area contributed by atoms with Crippen LogP contribution in [0.4, 0.5) is 16.2 Å². The van der Waals surface area contributed by atoms with E-state index >= 15 is 0 Å². The van der Waals surface area contributed by atoms with Gasteiger partial charge in [0.05, 0.1) is 28.1 Å². The number of nitrogens with one attached hydrogen (secondary N) is 1. The fourth-order valence-electron chi connectivity index (χ4n) is 11.2. The lowest BCUT2D eigenvalue weighted by atomic mass is 9.55. The number of nitrogens with zero attached hydrogens (tertiary/aromatic N) is 4. The summed E-state index contributed by atoms with van der Waals surface area (Å²) >= 11 is 0. The minimum atomic E-state index is -1.55. The van der Waals surface area contributed by atoms with Gasteiger partial charge in [-0.25, -0.2) is 4.79 Å². The number of carbonyl (C=O) groups excluding carboxylic acids is 2. The number of fused-ring (bicyclic) bond motifs is 2. The number of hydrogen-bond acceptors (Lipinski definition) is 13. The van der Waals surface area contributed by atoms with Gasteiger partial charge in [-0.15, -0.1) is 6.58 Å². The lowest BCUT2D eigenvalue weighted by molar-refractivity contribution is -0.385. The van der Waals surface area contributed by atoms with Crippen LogP contribution in [-0.2, 0) is 21.0 Å². The Morgan fingerprint density at radius 1 is 0.842 bits per heavy atom. The molecular formula is C59H79N5O12. The number of unbranched alkanes of at least 4 members (excludes halogenated alkanes) is 11. The maximum absolute atomic E-state index is 14.9. The highest BCUT2D eigenvalue weighted by Crippen LogP contribution is 2.62. The summed E-state index contributed by atoms with van der Waals surface area (Å²) in [5.74, 6) is -2.27. The first-order valence-corrected chi connectivity index (χ1v) is 27.6. The van der Waals surface area contributed by atoms with Crippen LogP contribution < -0.4 is 14.8 Å². The van der Waals surface area contributed by atoms with Crippen molar-refractivity contribution in [2.75, 3.05) is 32.9 Å². The smallest absolute Gasteiger partial charge is 0.412 e. The maximum atomic E-state index is 14.9. The number of hydrogen-bond donors (Lipinski definition) is 3. The zero-order chi connectivity index (χ0) is 54.3. The zero-order valence-corrected chi connectivity index (χ0v) is 44.5. The van der Waals surface area contributed by atoms with Gasteiger partial charge in [-0.2, -0.15) is 0 Å². The second-order valence-corrected chi connectivity index (χ2v) is 20.2. The van der Waals surface area contributed by atoms with Crippen LogP contribution in [-0.4, -0.2) is 87.4 Å². The number of rotatable bonds is 33. The van der Waals surface area contributed by atoms with Gasteiger partial charge in [0.25, 0.3) is 11.4 Å². The van der Waals surface area contributed by atoms with Crippen LogP contribution in [0.15, 0.2) is 102 Å². The number of aliphatic hydroxyl groups excluding tert-OH is 2. The van der Waals surface area contributed by atoms with Crippen molar-refractivity contribution in [1.82, 2.24) is 10.2 Å². The molecule has 76 heavy (non-hydrogen) atoms. The molecule has 0 unspecified atom stereocenters. The van der Waals surface area contributed by atoms with E-state index in [4.69, 9.17) is 24.2 Å². The molecule has 0 saturated heterocycles. The monoisotopic (exact) mass is 1050 g/mol. The average molecular weight is 1050 g/mol. The second-order valence-electron chi connectivity index (χ2n) is 20.2. The van der Waals surface area contributed by atoms with Gasteiger partial charge < -0.3 is 39.5 Å². The first kappa shape index (κ1) is 58.8. The summed E-state index contributed by atoms with van der Waals surface area (Å²) in [5.41, 5.74) is 3.25. The highest BCUT2D eigenvalue weighted by molar-refractivity contribution is 6.03. The van der Waals surface area contributed by atoms with Crippen molar-refractivity contribution < 1.29 is 48.7 Å². The van der Waals surface area contributed by atoms with Gasteiger partial charge >= 0.3 is 6.09 Å². The molecule has 3 aliphatic rings. The van der Waals surface area contributed by atoms with Crippen LogP contribution in [0.2, 0.25) is 0 Å². The molecule has 17 nitrogen and oxygen atoms in total. The molecule has 3 aromatic rings. The van der Waals surface area contributed by atoms with Crippen molar-refractivity contribution >= 4 is 35.2 Å². The molecule has 6 rings (SSSR count). The van der Waals surface area contributed by atoms with Gasteiger partial charge in [0, 0.05) is 74.5 Å². The predicted molar refractivity (Wildman–Crippen MR) is 293 cm³/mol. The Labute approximate surface area is 447 Å². The third-order valence-electron chi connectivity index (χ3n) is 14.9. The highest BCUT2D eigenvalue weighted by atomic mass is 16.7. The molecule has 2 aliphatic carbocycles. The SMILES string of the molecule is C=CCO[C@@]12Oc3ccc(OC(=O)NCCCCCCCCCCCC)cc3[C@H]3[C@H](CCCCO)[C@@H](CCCCO)C=C(C(=NOCc4ccc([N+](=O)[O-])cc4)C[C@@H]1N(CCC)C(=O)C=Cc1ccc([N+](=O)[O-])cc1)[C@H]32. The van der Waals surface area contributed by atoms with E-state index in [2.05, 4.69) is 24.9 Å². The van der Waals surface area contributed by atoms with Crippen molar-refractivity contribution in [3.8, 4) is 11.5 Å². The molecule has 0 spiro atoms. The maximum Gasteiger partial charge on any atom is 0.412 e. The van der Waals surface area contributed by atoms with Crippen molar-refractivity contribution in [1.29, 1.82) is 0 Å². The second kappa shape index (κ2) is 30.3. The molecule has 0 radical (unpaired) electrons. The molecule has 17 heteroatoms. The van der Waals surface area contributed by atoms with Crippen LogP contribution in [0.1, 0.15) is 152 Å². The van der Waals surface area contributed by atoms with E-state index in [1.54, 1.807) is 53.5 Å². The third kappa shape index (κ3) is 15.8. The van der Waals surface area contributed by atoms with Gasteiger partial charge in [-0.1, -0.05) is 102 Å². The highest BCUT2D eigenvalue weighted by Gasteiger charge is 2.65. The first-order chi connectivity index (χ1) is 37.0. The van der Waals surface area contributed by atoms with E-state index < -0.39 is 33.7 Å². The summed E-state index contributed by atoms with van der Waals surface area (Å²) in [6, 6.07) is 16.5. The van der Waals surface area contributed by atoms with Crippen LogP contribution in [0.3, 0.4) is 0 Å². The van der Waals surface area contributed by atoms with E-state index in [0.717, 1.165) is 43.2 Å². The number of ether oxygens (including phenoxy) is 3. The van der Waals surface area contributed by atoms with Crippen LogP contribution in [0, 0.1) is 38.0 Å². The molecule has 412 valence electrons. The molecule has 0 aromatic heterocycles. The van der Waals surface area contributed by atoms with Crippen molar-refractivity contribution in [2.24, 2.45) is 22.9 Å². The Bertz CT molecular complexity index is 2460. The summed E-state index contributed by atoms with van der Waals surface area (Å²) in [7, 11) is 0. The van der Waals surface area contributed by atoms with Crippen LogP contribution >= 0.6 is 0 Å². The van der Waals surface area contributed by atoms with Gasteiger partial charge in [-0.05, 0) is 116 Å². The summed E-state index contributed by atoms with van der Waals surface area (Å²) in [6.07, 6.45) is 22.9. The van der Waals surface area contributed by atoms with Gasteiger partial charge in [-0.3, -0.25) is 25.0 Å². The van der Waals surface area contributed by atoms with Crippen LogP contribution in [0.5, 0.6) is 11.5 Å². The lowest BCUT2D eigenvalue weighted by Crippen LogP contribution is -2.70. The first-order valence-electron chi connectivity index (χ1n) is 27.6. The summed E-state index contributed by atoms with van der Waals surface area (Å²) in [5, 5.41) is 50.7. The van der Waals surface area contributed by atoms with Crippen LogP contribution in [0.25, 0.3) is 6.08 Å². The normalized spacial score (nSPS) is 21.0. The molecule has 6 atom stereocenters. The Kier molecular flexibility index (Phi) is 23.5. The molecule has 1 fully saturated rings. The van der Waals surface area contributed by atoms with Crippen molar-refractivity contribution in [3.05, 3.63) is 134 Å². The zero-order valence-electron chi connectivity index (χ0n) is 44.5. The molecule has 1 aliphatic heterocycles. The summed E-state index contributed by atoms with van der Waals surface area (Å²) < 4.78 is 20.4. The van der Waals surface area contributed by atoms with E-state index in [9.17, 15) is 40.0 Å². The van der Waals surface area contributed by atoms with Gasteiger partial charge in [0.1, 0.15) is 24.1 Å². The van der Waals surface area contributed by atoms with Crippen molar-refractivity contribution in [3.63, 3.8) is 0 Å². The fraction of sp³-hybridized carbons (Fsp3) is 0.542. The number of nitro groups is 2. The van der Waals surface area contributed by atoms with Gasteiger partial charge in [0.15, 0.2) is 0 Å². The molecule has 0 bridgehead atoms. The topological polar surface area (TPSA) is 225 Å². The average Bonchev–Trinajstić information content (AvgIpc) is 3.42. The number of benzene rings is 3. The predicted octanol–water partition coefficient (Wildman–Crippen LogP) is 12.3. The molecular weight excluding hydrogens is 971 g/mol. The molecule has 3 N–H and O–H groups in total. The van der Waals surface area contributed by atoms with Crippen molar-refractivity contribution in [2.45, 2.75) is 154 Å². The Morgan fingerprint density at radius 3 is 2.12 bits per heavy atom. The number of non-ortho nitro benzene ring substituents is 2. The quantitative estimate of drug-likeness (QED) is 0.0170. The fourth-order valence-corrected chi connectivity index (χ4v) is 11.2. The van der Waals surface area contributed by atoms with E-state index in [1.807, 2.05) is 13.0 Å². The molecule has 1 heterocycles. The molecule has 1 saturated carbocycles. The Morgan fingerprint density at radius 2 is 1.49 bits per heavy atom. The molecule has 2 amide bonds.